The summed E-state index contributed by atoms with van der Waals surface area (Å²) in [4.78, 5) is 36.9. The van der Waals surface area contributed by atoms with Crippen LogP contribution in [-0.4, -0.2) is 31.4 Å². The normalized spacial score (nSPS) is 11.5. The highest BCUT2D eigenvalue weighted by Crippen LogP contribution is 2.25. The van der Waals surface area contributed by atoms with Gasteiger partial charge in [0.1, 0.15) is 5.75 Å². The van der Waals surface area contributed by atoms with E-state index in [1.807, 2.05) is 19.9 Å². The first-order chi connectivity index (χ1) is 14.3. The first-order valence-corrected chi connectivity index (χ1v) is 9.97. The van der Waals surface area contributed by atoms with Gasteiger partial charge >= 0.3 is 0 Å². The Kier molecular flexibility index (Phi) is 7.98. The van der Waals surface area contributed by atoms with Crippen LogP contribution in [-0.2, 0) is 4.79 Å². The summed E-state index contributed by atoms with van der Waals surface area (Å²) in [5.41, 5.74) is 2.17. The van der Waals surface area contributed by atoms with E-state index in [4.69, 9.17) is 4.74 Å². The molecule has 1 atom stereocenters. The first-order valence-electron chi connectivity index (χ1n) is 9.97. The largest absolute Gasteiger partial charge is 0.493 e. The molecule has 30 heavy (non-hydrogen) atoms. The zero-order chi connectivity index (χ0) is 22.3. The summed E-state index contributed by atoms with van der Waals surface area (Å²) in [5, 5.41) is 8.32. The molecule has 0 aliphatic rings. The molecule has 3 amide bonds. The molecule has 0 saturated carbocycles. The lowest BCUT2D eigenvalue weighted by molar-refractivity contribution is -0.118. The summed E-state index contributed by atoms with van der Waals surface area (Å²) in [5.74, 6) is -0.408. The van der Waals surface area contributed by atoms with Crippen LogP contribution >= 0.6 is 0 Å². The molecule has 3 N–H and O–H groups in total. The molecule has 0 aliphatic heterocycles. The Morgan fingerprint density at radius 3 is 2.37 bits per heavy atom. The van der Waals surface area contributed by atoms with Crippen LogP contribution in [0.15, 0.2) is 42.5 Å². The van der Waals surface area contributed by atoms with Gasteiger partial charge in [-0.1, -0.05) is 26.0 Å². The van der Waals surface area contributed by atoms with Gasteiger partial charge in [0.25, 0.3) is 11.8 Å². The lowest BCUT2D eigenvalue weighted by atomic mass is 10.0. The van der Waals surface area contributed by atoms with Crippen LogP contribution in [0, 0.1) is 5.92 Å². The summed E-state index contributed by atoms with van der Waals surface area (Å²) in [6, 6.07) is 11.7. The number of carbonyl (C=O) groups is 3. The molecule has 0 aliphatic carbocycles. The minimum Gasteiger partial charge on any atom is -0.493 e. The maximum Gasteiger partial charge on any atom is 0.255 e. The number of anilines is 1. The predicted molar refractivity (Wildman–Crippen MR) is 117 cm³/mol. The van der Waals surface area contributed by atoms with Crippen LogP contribution in [0.4, 0.5) is 5.69 Å². The van der Waals surface area contributed by atoms with Gasteiger partial charge in [0.2, 0.25) is 5.91 Å². The van der Waals surface area contributed by atoms with E-state index in [0.717, 1.165) is 5.56 Å². The highest BCUT2D eigenvalue weighted by molar-refractivity contribution is 6.00. The van der Waals surface area contributed by atoms with Crippen molar-refractivity contribution in [2.45, 2.75) is 33.7 Å². The number of benzene rings is 2. The smallest absolute Gasteiger partial charge is 0.255 e. The average molecular weight is 412 g/mol. The Morgan fingerprint density at radius 1 is 1.00 bits per heavy atom. The number of hydrogen-bond donors (Lipinski definition) is 3. The highest BCUT2D eigenvalue weighted by atomic mass is 16.5. The van der Waals surface area contributed by atoms with E-state index in [2.05, 4.69) is 16.0 Å². The Labute approximate surface area is 177 Å². The van der Waals surface area contributed by atoms with E-state index in [1.54, 1.807) is 57.3 Å². The predicted octanol–water partition coefficient (Wildman–Crippen LogP) is 3.53. The van der Waals surface area contributed by atoms with Crippen molar-refractivity contribution in [2.75, 3.05) is 19.0 Å². The lowest BCUT2D eigenvalue weighted by Gasteiger charge is -2.18. The van der Waals surface area contributed by atoms with Gasteiger partial charge in [-0.25, -0.2) is 0 Å². The third kappa shape index (κ3) is 5.83. The molecule has 2 rings (SSSR count). The molecule has 160 valence electrons. The van der Waals surface area contributed by atoms with E-state index >= 15 is 0 Å². The summed E-state index contributed by atoms with van der Waals surface area (Å²) in [6.45, 7) is 7.68. The Balaban J connectivity index is 2.25. The van der Waals surface area contributed by atoms with Gasteiger partial charge in [0.15, 0.2) is 0 Å². The second-order valence-corrected chi connectivity index (χ2v) is 7.19. The van der Waals surface area contributed by atoms with Gasteiger partial charge in [-0.3, -0.25) is 14.4 Å². The molecule has 7 heteroatoms. The van der Waals surface area contributed by atoms with Crippen LogP contribution in [0.5, 0.6) is 5.75 Å². The Morgan fingerprint density at radius 2 is 1.73 bits per heavy atom. The third-order valence-corrected chi connectivity index (χ3v) is 4.54. The number of carbonyl (C=O) groups excluding carboxylic acids is 3. The van der Waals surface area contributed by atoms with Gasteiger partial charge in [0, 0.05) is 24.2 Å². The van der Waals surface area contributed by atoms with Gasteiger partial charge < -0.3 is 20.7 Å². The molecule has 1 unspecified atom stereocenters. The van der Waals surface area contributed by atoms with Crippen LogP contribution in [0.25, 0.3) is 0 Å². The van der Waals surface area contributed by atoms with Crippen LogP contribution in [0.2, 0.25) is 0 Å². The van der Waals surface area contributed by atoms with Crippen LogP contribution in [0.3, 0.4) is 0 Å². The highest BCUT2D eigenvalue weighted by Gasteiger charge is 2.18. The third-order valence-electron chi connectivity index (χ3n) is 4.54. The molecule has 0 bridgehead atoms. The van der Waals surface area contributed by atoms with Crippen molar-refractivity contribution in [2.24, 2.45) is 5.92 Å². The van der Waals surface area contributed by atoms with Crippen molar-refractivity contribution >= 4 is 23.4 Å². The van der Waals surface area contributed by atoms with Crippen molar-refractivity contribution in [3.05, 3.63) is 59.2 Å². The molecular formula is C23H29N3O4. The SMILES string of the molecule is CCOc1ccc(NC(=O)C(C)C)cc1C(=O)NC(C)c1cccc(C(=O)NC)c1. The topological polar surface area (TPSA) is 96.5 Å². The number of rotatable bonds is 8. The van der Waals surface area contributed by atoms with Gasteiger partial charge in [-0.15, -0.1) is 0 Å². The van der Waals surface area contributed by atoms with Crippen molar-refractivity contribution in [3.63, 3.8) is 0 Å². The van der Waals surface area contributed by atoms with E-state index in [-0.39, 0.29) is 29.7 Å². The Hall–Kier alpha value is -3.35. The van der Waals surface area contributed by atoms with E-state index < -0.39 is 0 Å². The van der Waals surface area contributed by atoms with Crippen LogP contribution < -0.4 is 20.7 Å². The summed E-state index contributed by atoms with van der Waals surface area (Å²) < 4.78 is 5.59. The summed E-state index contributed by atoms with van der Waals surface area (Å²) >= 11 is 0. The quantitative estimate of drug-likeness (QED) is 0.619. The summed E-state index contributed by atoms with van der Waals surface area (Å²) in [7, 11) is 1.57. The molecule has 7 nitrogen and oxygen atoms in total. The molecular weight excluding hydrogens is 382 g/mol. The summed E-state index contributed by atoms with van der Waals surface area (Å²) in [6.07, 6.45) is 0. The molecule has 0 radical (unpaired) electrons. The minimum atomic E-state index is -0.342. The Bertz CT molecular complexity index is 924. The second-order valence-electron chi connectivity index (χ2n) is 7.19. The van der Waals surface area contributed by atoms with Gasteiger partial charge in [-0.05, 0) is 49.7 Å². The van der Waals surface area contributed by atoms with Gasteiger partial charge in [0.05, 0.1) is 18.2 Å². The van der Waals surface area contributed by atoms with Crippen molar-refractivity contribution < 1.29 is 19.1 Å². The fourth-order valence-electron chi connectivity index (χ4n) is 2.80. The zero-order valence-electron chi connectivity index (χ0n) is 18.0. The van der Waals surface area contributed by atoms with E-state index in [1.165, 1.54) is 0 Å². The minimum absolute atomic E-state index is 0.134. The average Bonchev–Trinajstić information content (AvgIpc) is 2.74. The molecule has 0 saturated heterocycles. The monoisotopic (exact) mass is 411 g/mol. The first kappa shape index (κ1) is 22.9. The van der Waals surface area contributed by atoms with Crippen LogP contribution in [0.1, 0.15) is 60.0 Å². The van der Waals surface area contributed by atoms with Crippen molar-refractivity contribution in [1.82, 2.24) is 10.6 Å². The number of hydrogen-bond acceptors (Lipinski definition) is 4. The second kappa shape index (κ2) is 10.4. The fourth-order valence-corrected chi connectivity index (χ4v) is 2.80. The van der Waals surface area contributed by atoms with Gasteiger partial charge in [-0.2, -0.15) is 0 Å². The number of ether oxygens (including phenoxy) is 1. The molecule has 0 spiro atoms. The van der Waals surface area contributed by atoms with E-state index in [9.17, 15) is 14.4 Å². The molecule has 0 fully saturated rings. The maximum absolute atomic E-state index is 13.0. The molecule has 2 aromatic carbocycles. The number of nitrogens with one attached hydrogen (secondary N) is 3. The van der Waals surface area contributed by atoms with E-state index in [0.29, 0.717) is 29.2 Å². The molecule has 2 aromatic rings. The maximum atomic E-state index is 13.0. The fraction of sp³-hybridized carbons (Fsp3) is 0.348. The van der Waals surface area contributed by atoms with Crippen molar-refractivity contribution in [1.29, 1.82) is 0 Å². The lowest BCUT2D eigenvalue weighted by Crippen LogP contribution is -2.28. The van der Waals surface area contributed by atoms with Crippen molar-refractivity contribution in [3.8, 4) is 5.75 Å². The number of amides is 3. The molecule has 0 aromatic heterocycles. The zero-order valence-corrected chi connectivity index (χ0v) is 18.0. The standard InChI is InChI=1S/C23H29N3O4/c1-6-30-20-11-10-18(26-21(27)14(2)3)13-19(20)23(29)25-15(4)16-8-7-9-17(12-16)22(28)24-5/h7-15H,6H2,1-5H3,(H,24,28)(H,25,29)(H,26,27). The molecule has 0 heterocycles.